The highest BCUT2D eigenvalue weighted by Gasteiger charge is 2.74. The van der Waals surface area contributed by atoms with Crippen molar-refractivity contribution >= 4 is 11.9 Å². The molecule has 7 nitrogen and oxygen atoms in total. The molecule has 0 heterocycles. The van der Waals surface area contributed by atoms with Gasteiger partial charge >= 0.3 is 12.3 Å². The van der Waals surface area contributed by atoms with Gasteiger partial charge in [0, 0.05) is 47.6 Å². The smallest absolute Gasteiger partial charge is 0.416 e. The average Bonchev–Trinajstić information content (AvgIpc) is 3.30. The Bertz CT molecular complexity index is 1480. The third-order valence-corrected chi connectivity index (χ3v) is 13.2. The van der Waals surface area contributed by atoms with Crippen LogP contribution < -0.4 is 0 Å². The highest BCUT2D eigenvalue weighted by Crippen LogP contribution is 2.78. The normalized spacial score (nSPS) is 38.7. The summed E-state index contributed by atoms with van der Waals surface area (Å²) in [7, 11) is 1.60. The summed E-state index contributed by atoms with van der Waals surface area (Å²) in [6, 6.07) is 4.65. The number of fused-ring (bicyclic) bond motifs is 1. The second-order valence-electron chi connectivity index (χ2n) is 15.2. The number of ketones is 1. The zero-order valence-corrected chi connectivity index (χ0v) is 27.9. The van der Waals surface area contributed by atoms with E-state index in [9.17, 15) is 33.0 Å². The monoisotopic (exact) mass is 659 g/mol. The molecule has 1 unspecified atom stereocenters. The first-order valence-corrected chi connectivity index (χ1v) is 17.1. The molecule has 258 valence electrons. The van der Waals surface area contributed by atoms with Crippen LogP contribution >= 0.6 is 0 Å². The number of hydrogen-bond donors (Lipinski definition) is 2. The summed E-state index contributed by atoms with van der Waals surface area (Å²) in [6.07, 6.45) is 5.44. The van der Waals surface area contributed by atoms with Gasteiger partial charge in [-0.3, -0.25) is 4.79 Å². The Balaban J connectivity index is 1.45. The van der Waals surface area contributed by atoms with E-state index < -0.39 is 51.6 Å². The first-order valence-electron chi connectivity index (χ1n) is 17.1. The molecule has 1 aromatic rings. The van der Waals surface area contributed by atoms with Crippen LogP contribution in [0.2, 0.25) is 0 Å². The van der Waals surface area contributed by atoms with Gasteiger partial charge in [0.25, 0.3) is 0 Å². The number of aliphatic hydroxyl groups excluding tert-OH is 1. The summed E-state index contributed by atoms with van der Waals surface area (Å²) in [4.78, 5) is 29.3. The Kier molecular flexibility index (Phi) is 8.53. The minimum absolute atomic E-state index is 0.00876. The molecule has 0 aromatic heterocycles. The van der Waals surface area contributed by atoms with E-state index in [1.165, 1.54) is 12.1 Å². The molecule has 7 rings (SSSR count). The summed E-state index contributed by atoms with van der Waals surface area (Å²) in [6.45, 7) is 7.14. The van der Waals surface area contributed by atoms with Gasteiger partial charge in [-0.1, -0.05) is 44.2 Å². The Morgan fingerprint density at radius 3 is 2.45 bits per heavy atom. The fourth-order valence-corrected chi connectivity index (χ4v) is 10.8. The van der Waals surface area contributed by atoms with Crippen molar-refractivity contribution in [3.8, 4) is 0 Å². The average molecular weight is 660 g/mol. The first-order chi connectivity index (χ1) is 22.1. The Morgan fingerprint density at radius 2 is 1.74 bits per heavy atom. The number of ether oxygens (including phenoxy) is 2. The maximum absolute atomic E-state index is 14.6. The van der Waals surface area contributed by atoms with Gasteiger partial charge in [-0.25, -0.2) is 4.79 Å². The highest BCUT2D eigenvalue weighted by atomic mass is 19.4. The van der Waals surface area contributed by atoms with Crippen molar-refractivity contribution in [1.29, 1.82) is 0 Å². The number of benzene rings is 1. The third kappa shape index (κ3) is 5.02. The number of carbonyl (C=O) groups is 2. The molecule has 1 aromatic carbocycles. The zero-order chi connectivity index (χ0) is 34.0. The topological polar surface area (TPSA) is 96.3 Å². The fraction of sp³-hybridized carbons (Fsp3) is 0.676. The quantitative estimate of drug-likeness (QED) is 0.169. The lowest BCUT2D eigenvalue weighted by atomic mass is 9.32. The highest BCUT2D eigenvalue weighted by molar-refractivity contribution is 6.10. The number of amides is 1. The largest absolute Gasteiger partial charge is 0.450 e. The van der Waals surface area contributed by atoms with E-state index in [0.717, 1.165) is 18.6 Å². The number of nitrogens with zero attached hydrogens (tertiary/aromatic N) is 1. The van der Waals surface area contributed by atoms with Crippen molar-refractivity contribution in [3.63, 3.8) is 0 Å². The van der Waals surface area contributed by atoms with Gasteiger partial charge in [0.2, 0.25) is 0 Å². The lowest BCUT2D eigenvalue weighted by molar-refractivity contribution is -0.175. The van der Waals surface area contributed by atoms with E-state index in [2.05, 4.69) is 26.0 Å². The lowest BCUT2D eigenvalue weighted by Gasteiger charge is -2.71. The van der Waals surface area contributed by atoms with Crippen LogP contribution in [0.25, 0.3) is 0 Å². The number of methoxy groups -OCH3 is 1. The van der Waals surface area contributed by atoms with Crippen LogP contribution in [0.4, 0.5) is 18.0 Å². The number of rotatable bonds is 9. The molecule has 6 aliphatic carbocycles. The van der Waals surface area contributed by atoms with Crippen LogP contribution in [-0.4, -0.2) is 72.1 Å². The Morgan fingerprint density at radius 1 is 1.04 bits per heavy atom. The van der Waals surface area contributed by atoms with Crippen molar-refractivity contribution in [2.75, 3.05) is 33.4 Å². The Labute approximate surface area is 275 Å². The van der Waals surface area contributed by atoms with Gasteiger partial charge in [-0.15, -0.1) is 0 Å². The molecule has 2 bridgehead atoms. The zero-order valence-electron chi connectivity index (χ0n) is 27.9. The molecule has 0 radical (unpaired) electrons. The third-order valence-electron chi connectivity index (χ3n) is 13.2. The first kappa shape index (κ1) is 34.2. The number of halogens is 3. The molecular formula is C37H48F3NO6. The second-order valence-corrected chi connectivity index (χ2v) is 15.2. The summed E-state index contributed by atoms with van der Waals surface area (Å²) in [5.74, 6) is -0.647. The molecule has 3 saturated carbocycles. The predicted octanol–water partition coefficient (Wildman–Crippen LogP) is 6.97. The van der Waals surface area contributed by atoms with Gasteiger partial charge < -0.3 is 24.6 Å². The van der Waals surface area contributed by atoms with Crippen molar-refractivity contribution in [1.82, 2.24) is 4.90 Å². The van der Waals surface area contributed by atoms with Gasteiger partial charge in [0.15, 0.2) is 5.78 Å². The van der Waals surface area contributed by atoms with Gasteiger partial charge in [-0.2, -0.15) is 13.2 Å². The molecule has 0 saturated heterocycles. The molecule has 0 aliphatic heterocycles. The van der Waals surface area contributed by atoms with Crippen LogP contribution in [0, 0.1) is 33.5 Å². The minimum atomic E-state index is -4.60. The summed E-state index contributed by atoms with van der Waals surface area (Å²) < 4.78 is 51.9. The predicted molar refractivity (Wildman–Crippen MR) is 169 cm³/mol. The van der Waals surface area contributed by atoms with E-state index in [1.807, 2.05) is 6.08 Å². The molecule has 6 aliphatic rings. The number of allylic oxidation sites excluding steroid dienone is 4. The molecule has 8 atom stereocenters. The van der Waals surface area contributed by atoms with Gasteiger partial charge in [0.1, 0.15) is 0 Å². The van der Waals surface area contributed by atoms with Crippen molar-refractivity contribution in [2.45, 2.75) is 90.0 Å². The van der Waals surface area contributed by atoms with Crippen LogP contribution in [0.3, 0.4) is 0 Å². The van der Waals surface area contributed by atoms with Gasteiger partial charge in [0.05, 0.1) is 30.4 Å². The molecule has 47 heavy (non-hydrogen) atoms. The molecule has 3 fully saturated rings. The molecular weight excluding hydrogens is 611 g/mol. The van der Waals surface area contributed by atoms with Gasteiger partial charge in [-0.05, 0) is 87.7 Å². The van der Waals surface area contributed by atoms with E-state index in [-0.39, 0.29) is 36.0 Å². The number of alkyl halides is 3. The minimum Gasteiger partial charge on any atom is -0.450 e. The second kappa shape index (κ2) is 11.7. The van der Waals surface area contributed by atoms with Crippen LogP contribution in [0.1, 0.15) is 88.1 Å². The van der Waals surface area contributed by atoms with Crippen molar-refractivity contribution in [3.05, 3.63) is 59.2 Å². The maximum atomic E-state index is 14.6. The SMILES string of the molecule is CCOC(=O)N(CCCOC)C[C@]1(O)CC[C@H]2[C@]34C=C[C@@]5(C=C3C(=O)c3cccc(C(F)(F)F)c3)CC(O)CC[C@]5(C)[C@H]4CC[C@@]21C. The van der Waals surface area contributed by atoms with Crippen LogP contribution in [-0.2, 0) is 15.7 Å². The van der Waals surface area contributed by atoms with Crippen molar-refractivity contribution in [2.24, 2.45) is 33.5 Å². The van der Waals surface area contributed by atoms with Crippen molar-refractivity contribution < 1.29 is 42.4 Å². The molecule has 10 heteroatoms. The molecule has 2 N–H and O–H groups in total. The summed E-state index contributed by atoms with van der Waals surface area (Å²) >= 11 is 0. The lowest BCUT2D eigenvalue weighted by Crippen LogP contribution is -2.67. The number of hydrogen-bond acceptors (Lipinski definition) is 6. The van der Waals surface area contributed by atoms with Crippen LogP contribution in [0.5, 0.6) is 0 Å². The summed E-state index contributed by atoms with van der Waals surface area (Å²) in [5, 5.41) is 23.5. The molecule has 1 amide bonds. The number of Topliss-reactive ketones (excluding diaryl/α,β-unsaturated/α-hetero) is 1. The number of carbonyl (C=O) groups excluding carboxylic acids is 2. The van der Waals surface area contributed by atoms with E-state index in [4.69, 9.17) is 9.47 Å². The molecule has 2 spiro atoms. The standard InChI is InChI=1S/C37H48F3NO6/c1-5-47-31(44)41(18-7-19-46-4)23-35(45)15-12-29-33(35,3)14-11-28-32(2)13-10-26(42)21-34(32)16-17-36(28,29)27(22-34)30(43)24-8-6-9-25(20-24)37(38,39)40/h6,8-9,16-17,20,22,26,28-29,42,45H,5,7,10-15,18-19,21,23H2,1-4H3/t26?,28-,29-,32-,33+,34+,35-,36-/m1/s1. The van der Waals surface area contributed by atoms with E-state index >= 15 is 0 Å². The van der Waals surface area contributed by atoms with E-state index in [1.54, 1.807) is 18.9 Å². The van der Waals surface area contributed by atoms with E-state index in [0.29, 0.717) is 63.7 Å². The fourth-order valence-electron chi connectivity index (χ4n) is 10.8. The maximum Gasteiger partial charge on any atom is 0.416 e. The summed E-state index contributed by atoms with van der Waals surface area (Å²) in [5.41, 5.74) is -4.11. The Hall–Kier alpha value is -2.69. The number of aliphatic hydroxyl groups is 2. The van der Waals surface area contributed by atoms with Crippen LogP contribution in [0.15, 0.2) is 48.1 Å².